The van der Waals surface area contributed by atoms with Crippen molar-refractivity contribution in [2.75, 3.05) is 0 Å². The van der Waals surface area contributed by atoms with E-state index < -0.39 is 0 Å². The summed E-state index contributed by atoms with van der Waals surface area (Å²) in [7, 11) is 0. The van der Waals surface area contributed by atoms with E-state index in [0.29, 0.717) is 17.2 Å². The van der Waals surface area contributed by atoms with Crippen molar-refractivity contribution in [1.82, 2.24) is 0 Å². The molecule has 2 aromatic carbocycles. The van der Waals surface area contributed by atoms with Crippen LogP contribution in [0, 0.1) is 6.92 Å². The van der Waals surface area contributed by atoms with Gasteiger partial charge in [0.15, 0.2) is 5.78 Å². The molecule has 0 atom stereocenters. The Morgan fingerprint density at radius 1 is 0.920 bits per heavy atom. The summed E-state index contributed by atoms with van der Waals surface area (Å²) in [5.41, 5.74) is 0.696. The van der Waals surface area contributed by atoms with E-state index in [2.05, 4.69) is 4.99 Å². The van der Waals surface area contributed by atoms with Crippen molar-refractivity contribution in [3.8, 4) is 17.2 Å². The Hall–Kier alpha value is -2.92. The highest BCUT2D eigenvalue weighted by Gasteiger charge is 2.23. The van der Waals surface area contributed by atoms with Crippen LogP contribution in [0.5, 0.6) is 17.2 Å². The standard InChI is InChI=1S/C20H15NO3S/c1-13-11-17-18(22)12-19(21-20(17)25-13)24-16-9-7-15(8-10-16)23-14-5-3-2-4-6-14/h2-11H,12H2,1H3. The van der Waals surface area contributed by atoms with Gasteiger partial charge in [-0.2, -0.15) is 0 Å². The Morgan fingerprint density at radius 2 is 1.56 bits per heavy atom. The van der Waals surface area contributed by atoms with Crippen LogP contribution in [0.25, 0.3) is 0 Å². The molecular formula is C20H15NO3S. The second kappa shape index (κ2) is 6.53. The number of thiophene rings is 1. The highest BCUT2D eigenvalue weighted by atomic mass is 32.1. The third-order valence-electron chi connectivity index (χ3n) is 3.71. The number of ketones is 1. The Bertz CT molecular complexity index is 943. The fourth-order valence-corrected chi connectivity index (χ4v) is 3.48. The Morgan fingerprint density at radius 3 is 2.28 bits per heavy atom. The van der Waals surface area contributed by atoms with E-state index in [9.17, 15) is 4.79 Å². The number of aryl methyl sites for hydroxylation is 1. The summed E-state index contributed by atoms with van der Waals surface area (Å²) in [4.78, 5) is 17.7. The first kappa shape index (κ1) is 15.6. The number of carbonyl (C=O) groups is 1. The number of rotatable bonds is 3. The zero-order chi connectivity index (χ0) is 17.2. The van der Waals surface area contributed by atoms with Gasteiger partial charge in [-0.05, 0) is 49.4 Å². The number of Topliss-reactive ketones (excluding diaryl/α,β-unsaturated/α-hetero) is 1. The van der Waals surface area contributed by atoms with Crippen LogP contribution in [-0.2, 0) is 0 Å². The first-order valence-electron chi connectivity index (χ1n) is 7.89. The van der Waals surface area contributed by atoms with Crippen LogP contribution in [0.4, 0.5) is 5.00 Å². The SMILES string of the molecule is Cc1cc2c(s1)N=C(Oc1ccc(Oc3ccccc3)cc1)CC2=O. The van der Waals surface area contributed by atoms with Crippen molar-refractivity contribution in [2.45, 2.75) is 13.3 Å². The molecule has 25 heavy (non-hydrogen) atoms. The van der Waals surface area contributed by atoms with Crippen LogP contribution in [0.1, 0.15) is 21.7 Å². The lowest BCUT2D eigenvalue weighted by Gasteiger charge is -2.13. The number of hydrogen-bond acceptors (Lipinski definition) is 5. The molecule has 1 aliphatic rings. The van der Waals surface area contributed by atoms with E-state index >= 15 is 0 Å². The molecule has 2 heterocycles. The number of carbonyl (C=O) groups excluding carboxylic acids is 1. The van der Waals surface area contributed by atoms with Gasteiger partial charge in [0.2, 0.25) is 5.90 Å². The van der Waals surface area contributed by atoms with Crippen molar-refractivity contribution in [2.24, 2.45) is 4.99 Å². The molecule has 0 aliphatic carbocycles. The van der Waals surface area contributed by atoms with Crippen molar-refractivity contribution in [3.05, 3.63) is 71.1 Å². The molecule has 0 saturated carbocycles. The topological polar surface area (TPSA) is 47.9 Å². The Balaban J connectivity index is 1.48. The van der Waals surface area contributed by atoms with Gasteiger partial charge < -0.3 is 9.47 Å². The lowest BCUT2D eigenvalue weighted by atomic mass is 10.1. The van der Waals surface area contributed by atoms with Gasteiger partial charge in [-0.25, -0.2) is 4.99 Å². The van der Waals surface area contributed by atoms with Crippen molar-refractivity contribution in [3.63, 3.8) is 0 Å². The summed E-state index contributed by atoms with van der Waals surface area (Å²) in [6.07, 6.45) is 0.186. The fourth-order valence-electron chi connectivity index (χ4n) is 2.57. The maximum absolute atomic E-state index is 12.2. The van der Waals surface area contributed by atoms with Gasteiger partial charge in [0.1, 0.15) is 22.2 Å². The van der Waals surface area contributed by atoms with E-state index in [1.165, 1.54) is 11.3 Å². The van der Waals surface area contributed by atoms with E-state index in [-0.39, 0.29) is 12.2 Å². The molecule has 5 heteroatoms. The molecule has 4 rings (SSSR count). The van der Waals surface area contributed by atoms with E-state index in [1.54, 1.807) is 12.1 Å². The maximum atomic E-state index is 12.2. The van der Waals surface area contributed by atoms with E-state index in [4.69, 9.17) is 9.47 Å². The zero-order valence-electron chi connectivity index (χ0n) is 13.6. The lowest BCUT2D eigenvalue weighted by Crippen LogP contribution is -2.17. The molecule has 124 valence electrons. The smallest absolute Gasteiger partial charge is 0.203 e. The molecular weight excluding hydrogens is 334 g/mol. The first-order valence-corrected chi connectivity index (χ1v) is 8.71. The fraction of sp³-hybridized carbons (Fsp3) is 0.100. The number of ether oxygens (including phenoxy) is 2. The van der Waals surface area contributed by atoms with Crippen LogP contribution < -0.4 is 9.47 Å². The average Bonchev–Trinajstić information content (AvgIpc) is 2.99. The molecule has 0 N–H and O–H groups in total. The van der Waals surface area contributed by atoms with Crippen LogP contribution in [0.2, 0.25) is 0 Å². The van der Waals surface area contributed by atoms with Crippen LogP contribution >= 0.6 is 11.3 Å². The lowest BCUT2D eigenvalue weighted by molar-refractivity contribution is 0.0996. The number of benzene rings is 2. The number of fused-ring (bicyclic) bond motifs is 1. The normalized spacial score (nSPS) is 13.2. The first-order chi connectivity index (χ1) is 12.2. The summed E-state index contributed by atoms with van der Waals surface area (Å²) in [5.74, 6) is 2.60. The monoisotopic (exact) mass is 349 g/mol. The second-order valence-corrected chi connectivity index (χ2v) is 6.90. The number of hydrogen-bond donors (Lipinski definition) is 0. The van der Waals surface area contributed by atoms with Gasteiger partial charge in [0.05, 0.1) is 12.0 Å². The minimum Gasteiger partial charge on any atom is -0.457 e. The minimum absolute atomic E-state index is 0.0494. The number of aliphatic imine (C=N–C) groups is 1. The zero-order valence-corrected chi connectivity index (χ0v) is 14.4. The predicted molar refractivity (Wildman–Crippen MR) is 98.7 cm³/mol. The average molecular weight is 349 g/mol. The number of para-hydroxylation sites is 1. The van der Waals surface area contributed by atoms with Crippen LogP contribution in [-0.4, -0.2) is 11.7 Å². The molecule has 1 aliphatic heterocycles. The van der Waals surface area contributed by atoms with Crippen LogP contribution in [0.15, 0.2) is 65.7 Å². The van der Waals surface area contributed by atoms with Gasteiger partial charge in [-0.3, -0.25) is 4.79 Å². The highest BCUT2D eigenvalue weighted by Crippen LogP contribution is 2.35. The predicted octanol–water partition coefficient (Wildman–Crippen LogP) is 5.54. The van der Waals surface area contributed by atoms with E-state index in [1.807, 2.05) is 55.5 Å². The third-order valence-corrected chi connectivity index (χ3v) is 4.66. The molecule has 0 bridgehead atoms. The molecule has 4 nitrogen and oxygen atoms in total. The van der Waals surface area contributed by atoms with Gasteiger partial charge >= 0.3 is 0 Å². The largest absolute Gasteiger partial charge is 0.457 e. The van der Waals surface area contributed by atoms with Gasteiger partial charge in [0, 0.05) is 4.88 Å². The molecule has 0 amide bonds. The molecule has 1 aromatic heterocycles. The Kier molecular flexibility index (Phi) is 4.07. The minimum atomic E-state index is 0.0494. The van der Waals surface area contributed by atoms with Crippen molar-refractivity contribution in [1.29, 1.82) is 0 Å². The summed E-state index contributed by atoms with van der Waals surface area (Å²) in [6.45, 7) is 1.97. The molecule has 3 aromatic rings. The molecule has 0 unspecified atom stereocenters. The second-order valence-electron chi connectivity index (χ2n) is 5.67. The Labute approximate surface area is 149 Å². The van der Waals surface area contributed by atoms with Gasteiger partial charge in [-0.1, -0.05) is 18.2 Å². The van der Waals surface area contributed by atoms with Crippen LogP contribution in [0.3, 0.4) is 0 Å². The van der Waals surface area contributed by atoms with Crippen molar-refractivity contribution >= 4 is 28.0 Å². The van der Waals surface area contributed by atoms with Gasteiger partial charge in [0.25, 0.3) is 0 Å². The van der Waals surface area contributed by atoms with Crippen molar-refractivity contribution < 1.29 is 14.3 Å². The molecule has 0 radical (unpaired) electrons. The number of nitrogens with zero attached hydrogens (tertiary/aromatic N) is 1. The molecule has 0 saturated heterocycles. The third kappa shape index (κ3) is 3.46. The maximum Gasteiger partial charge on any atom is 0.203 e. The van der Waals surface area contributed by atoms with Gasteiger partial charge in [-0.15, -0.1) is 11.3 Å². The van der Waals surface area contributed by atoms with E-state index in [0.717, 1.165) is 21.4 Å². The summed E-state index contributed by atoms with van der Waals surface area (Å²) >= 11 is 1.50. The summed E-state index contributed by atoms with van der Waals surface area (Å²) < 4.78 is 11.5. The summed E-state index contributed by atoms with van der Waals surface area (Å²) in [6, 6.07) is 18.7. The molecule has 0 fully saturated rings. The highest BCUT2D eigenvalue weighted by molar-refractivity contribution is 7.16. The summed E-state index contributed by atoms with van der Waals surface area (Å²) in [5, 5.41) is 0.729. The quantitative estimate of drug-likeness (QED) is 0.623. The molecule has 0 spiro atoms.